The summed E-state index contributed by atoms with van der Waals surface area (Å²) in [7, 11) is 0. The van der Waals surface area contributed by atoms with Crippen LogP contribution in [0.15, 0.2) is 65.7 Å². The van der Waals surface area contributed by atoms with Crippen molar-refractivity contribution >= 4 is 40.8 Å². The minimum Gasteiger partial charge on any atom is -0.365 e. The Kier molecular flexibility index (Phi) is 7.17. The van der Waals surface area contributed by atoms with Crippen LogP contribution in [0.5, 0.6) is 0 Å². The zero-order valence-electron chi connectivity index (χ0n) is 15.4. The Labute approximate surface area is 180 Å². The van der Waals surface area contributed by atoms with Crippen molar-refractivity contribution in [3.63, 3.8) is 0 Å². The van der Waals surface area contributed by atoms with Crippen LogP contribution in [-0.2, 0) is 17.5 Å². The number of hydrogen-bond acceptors (Lipinski definition) is 5. The van der Waals surface area contributed by atoms with Crippen molar-refractivity contribution in [2.75, 3.05) is 16.4 Å². The van der Waals surface area contributed by atoms with Crippen molar-refractivity contribution in [3.05, 3.63) is 76.8 Å². The number of benzene rings is 2. The average molecular weight is 453 g/mol. The van der Waals surface area contributed by atoms with Gasteiger partial charge in [0.25, 0.3) is 0 Å². The second-order valence-electron chi connectivity index (χ2n) is 6.15. The first-order valence-corrected chi connectivity index (χ1v) is 10.1. The second kappa shape index (κ2) is 9.82. The molecule has 0 aliphatic rings. The first-order valence-electron chi connectivity index (χ1n) is 8.71. The van der Waals surface area contributed by atoms with Crippen LogP contribution in [0.3, 0.4) is 0 Å². The van der Waals surface area contributed by atoms with Gasteiger partial charge in [-0.05, 0) is 48.0 Å². The molecule has 30 heavy (non-hydrogen) atoms. The highest BCUT2D eigenvalue weighted by molar-refractivity contribution is 7.99. The van der Waals surface area contributed by atoms with E-state index in [1.54, 1.807) is 24.3 Å². The highest BCUT2D eigenvalue weighted by atomic mass is 35.5. The Balaban J connectivity index is 1.47. The smallest absolute Gasteiger partial charge is 0.365 e. The van der Waals surface area contributed by atoms with Gasteiger partial charge in [-0.15, -0.1) is 10.2 Å². The Morgan fingerprint density at radius 1 is 1.03 bits per heavy atom. The third-order valence-electron chi connectivity index (χ3n) is 3.85. The van der Waals surface area contributed by atoms with E-state index in [0.29, 0.717) is 22.4 Å². The Morgan fingerprint density at radius 2 is 1.80 bits per heavy atom. The molecule has 0 fully saturated rings. The van der Waals surface area contributed by atoms with Crippen LogP contribution in [0.4, 0.5) is 24.7 Å². The molecule has 3 rings (SSSR count). The molecule has 0 atom stereocenters. The van der Waals surface area contributed by atoms with Gasteiger partial charge in [0.15, 0.2) is 0 Å². The predicted octanol–water partition coefficient (Wildman–Crippen LogP) is 5.49. The molecule has 0 bridgehead atoms. The standard InChI is InChI=1S/C20H16ClF3N4OS/c21-15-6-4-13(5-7-15)11-25-17-8-9-19(28-27-17)30-12-18(29)26-16-3-1-2-14(10-16)20(22,23)24/h1-10H,11-12H2,(H,25,27)(H,26,29). The predicted molar refractivity (Wildman–Crippen MR) is 112 cm³/mol. The van der Waals surface area contributed by atoms with Crippen LogP contribution in [0.2, 0.25) is 5.02 Å². The molecule has 1 amide bonds. The highest BCUT2D eigenvalue weighted by Gasteiger charge is 2.30. The summed E-state index contributed by atoms with van der Waals surface area (Å²) >= 11 is 6.98. The number of nitrogens with one attached hydrogen (secondary N) is 2. The topological polar surface area (TPSA) is 66.9 Å². The molecule has 3 aromatic rings. The molecule has 0 aliphatic heterocycles. The van der Waals surface area contributed by atoms with Gasteiger partial charge in [0.05, 0.1) is 11.3 Å². The lowest BCUT2D eigenvalue weighted by Crippen LogP contribution is -2.15. The fourth-order valence-corrected chi connectivity index (χ4v) is 3.14. The van der Waals surface area contributed by atoms with Gasteiger partial charge in [0.2, 0.25) is 5.91 Å². The normalized spacial score (nSPS) is 11.2. The number of nitrogens with zero attached hydrogens (tertiary/aromatic N) is 2. The van der Waals surface area contributed by atoms with E-state index in [1.165, 1.54) is 12.1 Å². The lowest BCUT2D eigenvalue weighted by atomic mass is 10.2. The fourth-order valence-electron chi connectivity index (χ4n) is 2.40. The summed E-state index contributed by atoms with van der Waals surface area (Å²) in [4.78, 5) is 12.0. The van der Waals surface area contributed by atoms with Crippen LogP contribution < -0.4 is 10.6 Å². The van der Waals surface area contributed by atoms with E-state index in [0.717, 1.165) is 29.5 Å². The van der Waals surface area contributed by atoms with Crippen LogP contribution >= 0.6 is 23.4 Å². The molecular formula is C20H16ClF3N4OS. The lowest BCUT2D eigenvalue weighted by Gasteiger charge is -2.09. The Hall–Kier alpha value is -2.78. The van der Waals surface area contributed by atoms with Gasteiger partial charge in [0, 0.05) is 17.3 Å². The van der Waals surface area contributed by atoms with Crippen LogP contribution in [0, 0.1) is 0 Å². The van der Waals surface area contributed by atoms with Crippen LogP contribution in [0.1, 0.15) is 11.1 Å². The van der Waals surface area contributed by atoms with Gasteiger partial charge in [0.1, 0.15) is 10.8 Å². The van der Waals surface area contributed by atoms with Gasteiger partial charge >= 0.3 is 6.18 Å². The number of carbonyl (C=O) groups excluding carboxylic acids is 1. The Bertz CT molecular complexity index is 998. The van der Waals surface area contributed by atoms with E-state index in [9.17, 15) is 18.0 Å². The molecular weight excluding hydrogens is 437 g/mol. The summed E-state index contributed by atoms with van der Waals surface area (Å²) in [6, 6.07) is 15.3. The lowest BCUT2D eigenvalue weighted by molar-refractivity contribution is -0.137. The number of hydrogen-bond donors (Lipinski definition) is 2. The van der Waals surface area contributed by atoms with E-state index in [1.807, 2.05) is 12.1 Å². The fraction of sp³-hybridized carbons (Fsp3) is 0.150. The molecule has 2 N–H and O–H groups in total. The number of aromatic nitrogens is 2. The van der Waals surface area contributed by atoms with Crippen LogP contribution in [0.25, 0.3) is 0 Å². The largest absolute Gasteiger partial charge is 0.416 e. The average Bonchev–Trinajstić information content (AvgIpc) is 2.72. The number of amides is 1. The van der Waals surface area contributed by atoms with E-state index in [-0.39, 0.29) is 11.4 Å². The molecule has 0 radical (unpaired) electrons. The number of thioether (sulfide) groups is 1. The maximum Gasteiger partial charge on any atom is 0.416 e. The quantitative estimate of drug-likeness (QED) is 0.464. The zero-order valence-corrected chi connectivity index (χ0v) is 17.0. The van der Waals surface area contributed by atoms with Crippen molar-refractivity contribution in [2.45, 2.75) is 17.7 Å². The first-order chi connectivity index (χ1) is 14.3. The summed E-state index contributed by atoms with van der Waals surface area (Å²) in [6.07, 6.45) is -4.46. The maximum absolute atomic E-state index is 12.7. The van der Waals surface area contributed by atoms with E-state index >= 15 is 0 Å². The molecule has 0 saturated carbocycles. The van der Waals surface area contributed by atoms with Crippen molar-refractivity contribution in [1.29, 1.82) is 0 Å². The van der Waals surface area contributed by atoms with E-state index in [4.69, 9.17) is 11.6 Å². The SMILES string of the molecule is O=C(CSc1ccc(NCc2ccc(Cl)cc2)nn1)Nc1cccc(C(F)(F)F)c1. The first kappa shape index (κ1) is 21.9. The van der Waals surface area contributed by atoms with Gasteiger partial charge in [-0.25, -0.2) is 0 Å². The molecule has 0 saturated heterocycles. The molecule has 10 heteroatoms. The molecule has 0 spiro atoms. The van der Waals surface area contributed by atoms with Gasteiger partial charge in [-0.1, -0.05) is 41.6 Å². The number of carbonyl (C=O) groups is 1. The molecule has 5 nitrogen and oxygen atoms in total. The van der Waals surface area contributed by atoms with Gasteiger partial charge < -0.3 is 10.6 Å². The summed E-state index contributed by atoms with van der Waals surface area (Å²) in [5, 5.41) is 14.8. The summed E-state index contributed by atoms with van der Waals surface area (Å²) in [5.41, 5.74) is 0.301. The summed E-state index contributed by atoms with van der Waals surface area (Å²) < 4.78 is 38.2. The van der Waals surface area contributed by atoms with E-state index in [2.05, 4.69) is 20.8 Å². The van der Waals surface area contributed by atoms with Crippen molar-refractivity contribution in [2.24, 2.45) is 0 Å². The maximum atomic E-state index is 12.7. The highest BCUT2D eigenvalue weighted by Crippen LogP contribution is 2.30. The third-order valence-corrected chi connectivity index (χ3v) is 5.02. The number of halogens is 4. The van der Waals surface area contributed by atoms with E-state index < -0.39 is 17.6 Å². The minimum atomic E-state index is -4.46. The van der Waals surface area contributed by atoms with Crippen molar-refractivity contribution in [3.8, 4) is 0 Å². The minimum absolute atomic E-state index is 0.0114. The molecule has 0 aliphatic carbocycles. The van der Waals surface area contributed by atoms with Gasteiger partial charge in [-0.2, -0.15) is 13.2 Å². The molecule has 1 aromatic heterocycles. The molecule has 0 unspecified atom stereocenters. The van der Waals surface area contributed by atoms with Crippen LogP contribution in [-0.4, -0.2) is 21.9 Å². The number of rotatable bonds is 7. The number of anilines is 2. The molecule has 2 aromatic carbocycles. The molecule has 1 heterocycles. The second-order valence-corrected chi connectivity index (χ2v) is 7.58. The van der Waals surface area contributed by atoms with Crippen molar-refractivity contribution in [1.82, 2.24) is 10.2 Å². The monoisotopic (exact) mass is 452 g/mol. The zero-order chi connectivity index (χ0) is 21.6. The third kappa shape index (κ3) is 6.64. The summed E-state index contributed by atoms with van der Waals surface area (Å²) in [5.74, 6) is 0.122. The number of alkyl halides is 3. The molecule has 156 valence electrons. The summed E-state index contributed by atoms with van der Waals surface area (Å²) in [6.45, 7) is 0.553. The van der Waals surface area contributed by atoms with Gasteiger partial charge in [-0.3, -0.25) is 4.79 Å². The Morgan fingerprint density at radius 3 is 2.47 bits per heavy atom. The van der Waals surface area contributed by atoms with Crippen molar-refractivity contribution < 1.29 is 18.0 Å².